The summed E-state index contributed by atoms with van der Waals surface area (Å²) in [4.78, 5) is 15.2. The molecule has 1 heterocycles. The van der Waals surface area contributed by atoms with Gasteiger partial charge in [-0.05, 0) is 43.5 Å². The van der Waals surface area contributed by atoms with Crippen molar-refractivity contribution in [3.05, 3.63) is 65.5 Å². The lowest BCUT2D eigenvalue weighted by Crippen LogP contribution is -2.56. The molecule has 0 radical (unpaired) electrons. The van der Waals surface area contributed by atoms with Gasteiger partial charge in [0.2, 0.25) is 0 Å². The van der Waals surface area contributed by atoms with E-state index in [0.717, 1.165) is 31.2 Å². The molecule has 3 atom stereocenters. The number of ether oxygens (including phenoxy) is 1. The number of para-hydroxylation sites is 1. The normalized spacial score (nSPS) is 27.2. The van der Waals surface area contributed by atoms with Crippen molar-refractivity contribution >= 4 is 5.91 Å². The second-order valence-electron chi connectivity index (χ2n) is 7.90. The Hall–Kier alpha value is -2.40. The highest BCUT2D eigenvalue weighted by Gasteiger charge is 2.50. The van der Waals surface area contributed by atoms with Gasteiger partial charge in [-0.15, -0.1) is 0 Å². The molecule has 1 saturated heterocycles. The number of halogens is 1. The molecule has 0 unspecified atom stereocenters. The number of methoxy groups -OCH3 is 1. The average Bonchev–Trinajstić information content (AvgIpc) is 2.72. The van der Waals surface area contributed by atoms with E-state index in [0.29, 0.717) is 24.3 Å². The molecule has 28 heavy (non-hydrogen) atoms. The zero-order valence-electron chi connectivity index (χ0n) is 16.1. The topological polar surface area (TPSA) is 49.8 Å². The Morgan fingerprint density at radius 1 is 1.18 bits per heavy atom. The van der Waals surface area contributed by atoms with Crippen LogP contribution in [0, 0.1) is 11.7 Å². The van der Waals surface area contributed by atoms with Gasteiger partial charge in [-0.25, -0.2) is 4.39 Å². The van der Waals surface area contributed by atoms with Crippen LogP contribution in [0.4, 0.5) is 4.39 Å². The predicted molar refractivity (Wildman–Crippen MR) is 105 cm³/mol. The van der Waals surface area contributed by atoms with Gasteiger partial charge in [-0.1, -0.05) is 37.1 Å². The smallest absolute Gasteiger partial charge is 0.254 e. The van der Waals surface area contributed by atoms with Crippen LogP contribution >= 0.6 is 0 Å². The molecule has 1 aliphatic heterocycles. The largest absolute Gasteiger partial charge is 0.496 e. The summed E-state index contributed by atoms with van der Waals surface area (Å²) in [5, 5.41) is 11.4. The molecule has 1 N–H and O–H groups in total. The SMILES string of the molecule is COc1ccccc1[C@H]1[C@H]2CCCC[C@@]2(O)CCN1C(=O)c1cccc(F)c1. The minimum absolute atomic E-state index is 0.0659. The molecule has 0 aromatic heterocycles. The molecule has 1 aliphatic carbocycles. The third-order valence-corrected chi connectivity index (χ3v) is 6.36. The summed E-state index contributed by atoms with van der Waals surface area (Å²) in [6.07, 6.45) is 4.19. The van der Waals surface area contributed by atoms with Gasteiger partial charge in [-0.2, -0.15) is 0 Å². The number of carbonyl (C=O) groups is 1. The fourth-order valence-electron chi connectivity index (χ4n) is 4.99. The van der Waals surface area contributed by atoms with Crippen molar-refractivity contribution in [3.63, 3.8) is 0 Å². The number of benzene rings is 2. The van der Waals surface area contributed by atoms with Crippen molar-refractivity contribution in [1.29, 1.82) is 0 Å². The van der Waals surface area contributed by atoms with Crippen LogP contribution in [-0.2, 0) is 0 Å². The van der Waals surface area contributed by atoms with E-state index in [-0.39, 0.29) is 17.9 Å². The second-order valence-corrected chi connectivity index (χ2v) is 7.90. The molecular weight excluding hydrogens is 357 g/mol. The lowest BCUT2D eigenvalue weighted by Gasteiger charge is -2.52. The van der Waals surface area contributed by atoms with Crippen molar-refractivity contribution in [2.24, 2.45) is 5.92 Å². The van der Waals surface area contributed by atoms with Crippen molar-refractivity contribution in [2.45, 2.75) is 43.7 Å². The monoisotopic (exact) mass is 383 g/mol. The first-order valence-electron chi connectivity index (χ1n) is 9.95. The zero-order valence-corrected chi connectivity index (χ0v) is 16.1. The number of hydrogen-bond donors (Lipinski definition) is 1. The zero-order chi connectivity index (χ0) is 19.7. The first-order chi connectivity index (χ1) is 13.5. The highest BCUT2D eigenvalue weighted by molar-refractivity contribution is 5.94. The van der Waals surface area contributed by atoms with Crippen LogP contribution in [0.1, 0.15) is 54.1 Å². The predicted octanol–water partition coefficient (Wildman–Crippen LogP) is 4.34. The van der Waals surface area contributed by atoms with Crippen LogP contribution < -0.4 is 4.74 Å². The number of fused-ring (bicyclic) bond motifs is 1. The van der Waals surface area contributed by atoms with E-state index in [1.807, 2.05) is 24.3 Å². The highest BCUT2D eigenvalue weighted by Crippen LogP contribution is 2.51. The number of hydrogen-bond acceptors (Lipinski definition) is 3. The fraction of sp³-hybridized carbons (Fsp3) is 0.435. The summed E-state index contributed by atoms with van der Waals surface area (Å²) in [6.45, 7) is 0.436. The van der Waals surface area contributed by atoms with Crippen LogP contribution in [0.2, 0.25) is 0 Å². The number of nitrogens with zero attached hydrogens (tertiary/aromatic N) is 1. The van der Waals surface area contributed by atoms with Gasteiger partial charge in [0.15, 0.2) is 0 Å². The Balaban J connectivity index is 1.79. The third-order valence-electron chi connectivity index (χ3n) is 6.36. The molecule has 148 valence electrons. The molecule has 0 bridgehead atoms. The van der Waals surface area contributed by atoms with Gasteiger partial charge in [-0.3, -0.25) is 4.79 Å². The lowest BCUT2D eigenvalue weighted by molar-refractivity contribution is -0.115. The van der Waals surface area contributed by atoms with Crippen molar-refractivity contribution in [2.75, 3.05) is 13.7 Å². The first-order valence-corrected chi connectivity index (χ1v) is 9.95. The molecule has 1 saturated carbocycles. The van der Waals surface area contributed by atoms with Gasteiger partial charge in [0.1, 0.15) is 11.6 Å². The molecule has 2 aromatic carbocycles. The number of rotatable bonds is 3. The summed E-state index contributed by atoms with van der Waals surface area (Å²) < 4.78 is 19.3. The van der Waals surface area contributed by atoms with Gasteiger partial charge in [0, 0.05) is 23.6 Å². The molecule has 4 rings (SSSR count). The quantitative estimate of drug-likeness (QED) is 0.858. The molecule has 2 aromatic rings. The number of carbonyl (C=O) groups excluding carboxylic acids is 1. The lowest BCUT2D eigenvalue weighted by atomic mass is 9.66. The third kappa shape index (κ3) is 3.28. The van der Waals surface area contributed by atoms with Crippen LogP contribution in [-0.4, -0.2) is 35.2 Å². The van der Waals surface area contributed by atoms with E-state index < -0.39 is 11.4 Å². The maximum atomic E-state index is 13.7. The maximum absolute atomic E-state index is 13.7. The van der Waals surface area contributed by atoms with E-state index in [9.17, 15) is 14.3 Å². The second kappa shape index (κ2) is 7.55. The number of piperidine rings is 1. The molecule has 2 fully saturated rings. The number of amides is 1. The molecule has 5 heteroatoms. The summed E-state index contributed by atoms with van der Waals surface area (Å²) in [5.74, 6) is 0.0112. The standard InChI is InChI=1S/C23H26FNO3/c1-28-20-11-3-2-9-18(20)21-19-10-4-5-12-23(19,27)13-14-25(21)22(26)16-7-6-8-17(24)15-16/h2-3,6-9,11,15,19,21,27H,4-5,10,12-14H2,1H3/t19-,21+,23-/m1/s1. The summed E-state index contributed by atoms with van der Waals surface area (Å²) >= 11 is 0. The maximum Gasteiger partial charge on any atom is 0.254 e. The average molecular weight is 383 g/mol. The molecular formula is C23H26FNO3. The van der Waals surface area contributed by atoms with E-state index in [1.54, 1.807) is 24.1 Å². The number of likely N-dealkylation sites (tertiary alicyclic amines) is 1. The van der Waals surface area contributed by atoms with Crippen LogP contribution in [0.25, 0.3) is 0 Å². The highest BCUT2D eigenvalue weighted by atomic mass is 19.1. The van der Waals surface area contributed by atoms with Gasteiger partial charge in [0.25, 0.3) is 5.91 Å². The molecule has 1 amide bonds. The summed E-state index contributed by atoms with van der Waals surface area (Å²) in [6, 6.07) is 13.2. The Kier molecular flexibility index (Phi) is 5.11. The Bertz CT molecular complexity index is 870. The Morgan fingerprint density at radius 3 is 2.79 bits per heavy atom. The first kappa shape index (κ1) is 18.9. The van der Waals surface area contributed by atoms with Gasteiger partial charge in [0.05, 0.1) is 18.8 Å². The van der Waals surface area contributed by atoms with Crippen LogP contribution in [0.5, 0.6) is 5.75 Å². The van der Waals surface area contributed by atoms with Crippen LogP contribution in [0.15, 0.2) is 48.5 Å². The molecule has 4 nitrogen and oxygen atoms in total. The Labute approximate surface area is 164 Å². The van der Waals surface area contributed by atoms with E-state index in [1.165, 1.54) is 12.1 Å². The van der Waals surface area contributed by atoms with Crippen molar-refractivity contribution < 1.29 is 19.0 Å². The Morgan fingerprint density at radius 2 is 2.00 bits per heavy atom. The minimum atomic E-state index is -0.775. The van der Waals surface area contributed by atoms with Crippen LogP contribution in [0.3, 0.4) is 0 Å². The number of aliphatic hydroxyl groups is 1. The van der Waals surface area contributed by atoms with Gasteiger partial charge < -0.3 is 14.7 Å². The van der Waals surface area contributed by atoms with E-state index in [2.05, 4.69) is 0 Å². The summed E-state index contributed by atoms with van der Waals surface area (Å²) in [7, 11) is 1.62. The van der Waals surface area contributed by atoms with E-state index >= 15 is 0 Å². The van der Waals surface area contributed by atoms with Crippen molar-refractivity contribution in [3.8, 4) is 5.75 Å². The summed E-state index contributed by atoms with van der Waals surface area (Å²) in [5.41, 5.74) is 0.462. The van der Waals surface area contributed by atoms with Crippen molar-refractivity contribution in [1.82, 2.24) is 4.90 Å². The van der Waals surface area contributed by atoms with E-state index in [4.69, 9.17) is 4.74 Å². The molecule has 2 aliphatic rings. The fourth-order valence-corrected chi connectivity index (χ4v) is 4.99. The molecule has 0 spiro atoms. The minimum Gasteiger partial charge on any atom is -0.496 e. The van der Waals surface area contributed by atoms with Gasteiger partial charge >= 0.3 is 0 Å².